The van der Waals surface area contributed by atoms with Crippen molar-refractivity contribution < 1.29 is 24.4 Å². The van der Waals surface area contributed by atoms with Crippen LogP contribution < -0.4 is 0 Å². The molecule has 1 heterocycles. The molecule has 0 spiro atoms. The van der Waals surface area contributed by atoms with Crippen LogP contribution in [0, 0.1) is 0 Å². The first-order chi connectivity index (χ1) is 13.1. The zero-order valence-corrected chi connectivity index (χ0v) is 15.4. The summed E-state index contributed by atoms with van der Waals surface area (Å²) in [6.07, 6.45) is -4.15. The molecule has 2 N–H and O–H groups in total. The van der Waals surface area contributed by atoms with E-state index in [0.717, 1.165) is 27.1 Å². The highest BCUT2D eigenvalue weighted by atomic mass is 16.7. The number of hydrogen-bond acceptors (Lipinski definition) is 5. The maximum Gasteiger partial charge on any atom is 0.186 e. The molecule has 1 saturated heterocycles. The van der Waals surface area contributed by atoms with Crippen LogP contribution in [0.2, 0.25) is 0 Å². The Bertz CT molecular complexity index is 884. The van der Waals surface area contributed by atoms with Gasteiger partial charge in [0.2, 0.25) is 0 Å². The quantitative estimate of drug-likeness (QED) is 0.693. The smallest absolute Gasteiger partial charge is 0.186 e. The van der Waals surface area contributed by atoms with E-state index < -0.39 is 30.7 Å². The first kappa shape index (κ1) is 18.3. The molecule has 5 nitrogen and oxygen atoms in total. The van der Waals surface area contributed by atoms with Crippen LogP contribution in [0.3, 0.4) is 0 Å². The fraction of sp³-hybridized carbons (Fsp3) is 0.364. The SMILES string of the molecule is CO[C@@H]1O[C@@H](C)[C@H](O)[C@@H](O)[C@H]1OCc1c2ccccc2cc2ccccc12. The molecule has 3 aromatic rings. The Morgan fingerprint density at radius 2 is 1.52 bits per heavy atom. The summed E-state index contributed by atoms with van der Waals surface area (Å²) < 4.78 is 17.0. The van der Waals surface area contributed by atoms with Crippen molar-refractivity contribution in [2.75, 3.05) is 7.11 Å². The Labute approximate surface area is 158 Å². The lowest BCUT2D eigenvalue weighted by atomic mass is 9.96. The van der Waals surface area contributed by atoms with E-state index in [2.05, 4.69) is 30.3 Å². The Morgan fingerprint density at radius 3 is 2.11 bits per heavy atom. The van der Waals surface area contributed by atoms with Crippen molar-refractivity contribution in [3.8, 4) is 0 Å². The van der Waals surface area contributed by atoms with Crippen molar-refractivity contribution in [1.82, 2.24) is 0 Å². The van der Waals surface area contributed by atoms with Gasteiger partial charge in [-0.3, -0.25) is 0 Å². The maximum atomic E-state index is 10.5. The number of ether oxygens (including phenoxy) is 3. The zero-order chi connectivity index (χ0) is 19.0. The Balaban J connectivity index is 1.70. The highest BCUT2D eigenvalue weighted by Crippen LogP contribution is 2.31. The van der Waals surface area contributed by atoms with Gasteiger partial charge >= 0.3 is 0 Å². The summed E-state index contributed by atoms with van der Waals surface area (Å²) in [6.45, 7) is 1.97. The normalized spacial score (nSPS) is 28.7. The van der Waals surface area contributed by atoms with Crippen molar-refractivity contribution in [2.45, 2.75) is 44.2 Å². The van der Waals surface area contributed by atoms with E-state index in [0.29, 0.717) is 0 Å². The molecule has 0 bridgehead atoms. The molecule has 0 amide bonds. The lowest BCUT2D eigenvalue weighted by Gasteiger charge is -2.40. The molecular weight excluding hydrogens is 344 g/mol. The Kier molecular flexibility index (Phi) is 5.12. The van der Waals surface area contributed by atoms with Crippen LogP contribution in [-0.2, 0) is 20.8 Å². The summed E-state index contributed by atoms with van der Waals surface area (Å²) >= 11 is 0. The van der Waals surface area contributed by atoms with Crippen LogP contribution in [0.15, 0.2) is 54.6 Å². The summed E-state index contributed by atoms with van der Waals surface area (Å²) in [5.41, 5.74) is 1.04. The predicted molar refractivity (Wildman–Crippen MR) is 103 cm³/mol. The third kappa shape index (κ3) is 3.33. The largest absolute Gasteiger partial charge is 0.388 e. The van der Waals surface area contributed by atoms with Crippen molar-refractivity contribution in [3.05, 3.63) is 60.2 Å². The van der Waals surface area contributed by atoms with Gasteiger partial charge in [-0.05, 0) is 40.1 Å². The molecule has 0 unspecified atom stereocenters. The number of aliphatic hydroxyl groups is 2. The van der Waals surface area contributed by atoms with Crippen molar-refractivity contribution in [3.63, 3.8) is 0 Å². The third-order valence-electron chi connectivity index (χ3n) is 5.32. The molecule has 142 valence electrons. The van der Waals surface area contributed by atoms with E-state index in [1.54, 1.807) is 6.92 Å². The summed E-state index contributed by atoms with van der Waals surface area (Å²) in [7, 11) is 1.51. The fourth-order valence-electron chi connectivity index (χ4n) is 3.81. The van der Waals surface area contributed by atoms with Gasteiger partial charge in [0.1, 0.15) is 18.3 Å². The summed E-state index contributed by atoms with van der Waals surface area (Å²) in [5, 5.41) is 25.1. The average molecular weight is 368 g/mol. The third-order valence-corrected chi connectivity index (χ3v) is 5.32. The second kappa shape index (κ2) is 7.54. The van der Waals surface area contributed by atoms with Crippen LogP contribution >= 0.6 is 0 Å². The molecule has 4 rings (SSSR count). The molecule has 27 heavy (non-hydrogen) atoms. The molecule has 0 radical (unpaired) electrons. The highest BCUT2D eigenvalue weighted by molar-refractivity contribution is 6.02. The molecule has 0 saturated carbocycles. The van der Waals surface area contributed by atoms with E-state index in [1.165, 1.54) is 7.11 Å². The van der Waals surface area contributed by atoms with Crippen LogP contribution in [0.1, 0.15) is 12.5 Å². The molecular formula is C22H24O5. The monoisotopic (exact) mass is 368 g/mol. The van der Waals surface area contributed by atoms with Gasteiger partial charge in [0.15, 0.2) is 6.29 Å². The molecule has 3 aromatic carbocycles. The van der Waals surface area contributed by atoms with Crippen LogP contribution in [0.5, 0.6) is 0 Å². The van der Waals surface area contributed by atoms with Gasteiger partial charge in [-0.25, -0.2) is 0 Å². The van der Waals surface area contributed by atoms with E-state index in [9.17, 15) is 10.2 Å². The average Bonchev–Trinajstić information content (AvgIpc) is 2.70. The minimum Gasteiger partial charge on any atom is -0.388 e. The van der Waals surface area contributed by atoms with E-state index in [-0.39, 0.29) is 6.61 Å². The van der Waals surface area contributed by atoms with Crippen molar-refractivity contribution in [1.29, 1.82) is 0 Å². The fourth-order valence-corrected chi connectivity index (χ4v) is 3.81. The maximum absolute atomic E-state index is 10.5. The van der Waals surface area contributed by atoms with E-state index >= 15 is 0 Å². The first-order valence-electron chi connectivity index (χ1n) is 9.15. The van der Waals surface area contributed by atoms with Crippen molar-refractivity contribution in [2.24, 2.45) is 0 Å². The van der Waals surface area contributed by atoms with Gasteiger partial charge in [0, 0.05) is 7.11 Å². The topological polar surface area (TPSA) is 68.2 Å². The second-order valence-electron chi connectivity index (χ2n) is 7.00. The lowest BCUT2D eigenvalue weighted by Crippen LogP contribution is -2.58. The molecule has 1 fully saturated rings. The minimum absolute atomic E-state index is 0.272. The standard InChI is InChI=1S/C22H24O5/c1-13-19(23)20(24)21(22(25-2)27-13)26-12-18-16-9-5-3-7-14(16)11-15-8-4-6-10-17(15)18/h3-11,13,19-24H,12H2,1-2H3/t13-,19-,20+,21+,22+/m0/s1. The van der Waals surface area contributed by atoms with Gasteiger partial charge in [0.05, 0.1) is 12.7 Å². The summed E-state index contributed by atoms with van der Waals surface area (Å²) in [4.78, 5) is 0. The van der Waals surface area contributed by atoms with Gasteiger partial charge < -0.3 is 24.4 Å². The van der Waals surface area contributed by atoms with Gasteiger partial charge in [-0.1, -0.05) is 48.5 Å². The molecule has 0 aromatic heterocycles. The predicted octanol–water partition coefficient (Wildman–Crippen LogP) is 2.99. The first-order valence-corrected chi connectivity index (χ1v) is 9.15. The second-order valence-corrected chi connectivity index (χ2v) is 7.00. The van der Waals surface area contributed by atoms with E-state index in [1.807, 2.05) is 24.3 Å². The highest BCUT2D eigenvalue weighted by Gasteiger charge is 2.43. The van der Waals surface area contributed by atoms with Crippen LogP contribution in [0.25, 0.3) is 21.5 Å². The number of methoxy groups -OCH3 is 1. The molecule has 5 heteroatoms. The number of rotatable bonds is 4. The van der Waals surface area contributed by atoms with Gasteiger partial charge in [-0.15, -0.1) is 0 Å². The van der Waals surface area contributed by atoms with Gasteiger partial charge in [-0.2, -0.15) is 0 Å². The number of hydrogen-bond donors (Lipinski definition) is 2. The summed E-state index contributed by atoms with van der Waals surface area (Å²) in [6, 6.07) is 18.5. The van der Waals surface area contributed by atoms with Crippen molar-refractivity contribution >= 4 is 21.5 Å². The van der Waals surface area contributed by atoms with E-state index in [4.69, 9.17) is 14.2 Å². The summed E-state index contributed by atoms with van der Waals surface area (Å²) in [5.74, 6) is 0. The van der Waals surface area contributed by atoms with Crippen LogP contribution in [-0.4, -0.2) is 48.0 Å². The van der Waals surface area contributed by atoms with Crippen LogP contribution in [0.4, 0.5) is 0 Å². The number of fused-ring (bicyclic) bond motifs is 2. The number of benzene rings is 3. The lowest BCUT2D eigenvalue weighted by molar-refractivity contribution is -0.298. The Hall–Kier alpha value is -2.02. The molecule has 0 aliphatic carbocycles. The number of aliphatic hydroxyl groups excluding tert-OH is 2. The minimum atomic E-state index is -1.08. The molecule has 1 aliphatic heterocycles. The molecule has 5 atom stereocenters. The van der Waals surface area contributed by atoms with Gasteiger partial charge in [0.25, 0.3) is 0 Å². The zero-order valence-electron chi connectivity index (χ0n) is 15.4. The Morgan fingerprint density at radius 1 is 0.926 bits per heavy atom. The molecule has 1 aliphatic rings.